The minimum Gasteiger partial charge on any atom is -0.508 e. The molecule has 4 rings (SSSR count). The number of hydrogen-bond acceptors (Lipinski definition) is 11. The smallest absolute Gasteiger partial charge is 0.335 e. The Hall–Kier alpha value is -3.42. The molecule has 1 saturated heterocycles. The van der Waals surface area contributed by atoms with Gasteiger partial charge in [-0.15, -0.1) is 0 Å². The number of carbonyl (C=O) groups excluding carboxylic acids is 1. The number of carboxylic acids is 1. The fraction of sp³-hybridized carbons (Fsp3) is 0.333. The highest BCUT2D eigenvalue weighted by molar-refractivity contribution is 6.05. The molecule has 0 amide bonds. The number of fused-ring (bicyclic) bond motifs is 1. The van der Waals surface area contributed by atoms with Gasteiger partial charge >= 0.3 is 5.97 Å². The molecule has 2 heterocycles. The Bertz CT molecular complexity index is 1070. The lowest BCUT2D eigenvalue weighted by Crippen LogP contribution is -2.61. The molecule has 7 atom stereocenters. The third kappa shape index (κ3) is 4.05. The quantitative estimate of drug-likeness (QED) is 0.303. The van der Waals surface area contributed by atoms with Crippen LogP contribution in [0, 0.1) is 0 Å². The minimum atomic E-state index is -1.96. The van der Waals surface area contributed by atoms with Crippen molar-refractivity contribution in [3.8, 4) is 23.0 Å². The molecule has 0 radical (unpaired) electrons. The van der Waals surface area contributed by atoms with Crippen LogP contribution in [-0.4, -0.2) is 84.3 Å². The number of benzene rings is 2. The van der Waals surface area contributed by atoms with E-state index in [1.54, 1.807) is 0 Å². The van der Waals surface area contributed by atoms with Crippen LogP contribution in [0.25, 0.3) is 0 Å². The first-order chi connectivity index (χ1) is 15.6. The molecule has 0 saturated carbocycles. The lowest BCUT2D eigenvalue weighted by Gasteiger charge is -2.41. The number of ketones is 1. The molecule has 12 heteroatoms. The number of carboxylic acid groups (broad SMARTS) is 1. The SMILES string of the molecule is O=C1c2c(O)cc(O)cc2OC(c2ccc(O)cc2)C1O[C@@H]1O[C@H](C(=O)O)[C@@H](O)[C@H](O)[C@H]1O. The molecule has 2 unspecified atom stereocenters. The third-order valence-electron chi connectivity index (χ3n) is 5.42. The number of hydrogen-bond donors (Lipinski definition) is 7. The van der Waals surface area contributed by atoms with E-state index in [9.17, 15) is 45.3 Å². The fourth-order valence-corrected chi connectivity index (χ4v) is 3.75. The Kier molecular flexibility index (Phi) is 5.86. The average molecular weight is 464 g/mol. The van der Waals surface area contributed by atoms with Gasteiger partial charge in [0.1, 0.15) is 46.9 Å². The predicted octanol–water partition coefficient (Wildman–Crippen LogP) is -0.603. The number of carbonyl (C=O) groups is 2. The van der Waals surface area contributed by atoms with Gasteiger partial charge in [-0.25, -0.2) is 4.79 Å². The molecule has 2 aliphatic heterocycles. The van der Waals surface area contributed by atoms with E-state index in [2.05, 4.69) is 0 Å². The Morgan fingerprint density at radius 2 is 1.58 bits per heavy atom. The number of rotatable bonds is 4. The lowest BCUT2D eigenvalue weighted by atomic mass is 9.92. The summed E-state index contributed by atoms with van der Waals surface area (Å²) in [6, 6.07) is 7.44. The zero-order valence-corrected chi connectivity index (χ0v) is 16.7. The Labute approximate surface area is 185 Å². The van der Waals surface area contributed by atoms with E-state index >= 15 is 0 Å². The molecule has 0 aliphatic carbocycles. The zero-order chi connectivity index (χ0) is 24.0. The van der Waals surface area contributed by atoms with E-state index < -0.39 is 60.4 Å². The minimum absolute atomic E-state index is 0.0820. The molecule has 12 nitrogen and oxygen atoms in total. The van der Waals surface area contributed by atoms with E-state index in [-0.39, 0.29) is 22.8 Å². The normalized spacial score (nSPS) is 31.5. The van der Waals surface area contributed by atoms with Crippen LogP contribution in [0.1, 0.15) is 22.0 Å². The Balaban J connectivity index is 1.73. The van der Waals surface area contributed by atoms with Crippen LogP contribution >= 0.6 is 0 Å². The van der Waals surface area contributed by atoms with Crippen molar-refractivity contribution in [1.82, 2.24) is 0 Å². The summed E-state index contributed by atoms with van der Waals surface area (Å²) in [5.74, 6) is -3.73. The highest BCUT2D eigenvalue weighted by Gasteiger charge is 2.51. The maximum absolute atomic E-state index is 13.3. The van der Waals surface area contributed by atoms with Crippen LogP contribution in [0.3, 0.4) is 0 Å². The average Bonchev–Trinajstić information content (AvgIpc) is 2.75. The summed E-state index contributed by atoms with van der Waals surface area (Å²) in [4.78, 5) is 24.7. The largest absolute Gasteiger partial charge is 0.508 e. The number of aromatic hydroxyl groups is 3. The zero-order valence-electron chi connectivity index (χ0n) is 16.7. The molecule has 0 spiro atoms. The van der Waals surface area contributed by atoms with Crippen molar-refractivity contribution in [2.75, 3.05) is 0 Å². The second-order valence-corrected chi connectivity index (χ2v) is 7.62. The monoisotopic (exact) mass is 464 g/mol. The van der Waals surface area contributed by atoms with Crippen LogP contribution in [0.4, 0.5) is 0 Å². The first-order valence-corrected chi connectivity index (χ1v) is 9.72. The van der Waals surface area contributed by atoms with E-state index in [1.807, 2.05) is 0 Å². The molecule has 7 N–H and O–H groups in total. The van der Waals surface area contributed by atoms with Gasteiger partial charge in [0, 0.05) is 12.1 Å². The molecular weight excluding hydrogens is 444 g/mol. The molecular formula is C21H20O12. The van der Waals surface area contributed by atoms with Crippen LogP contribution in [-0.2, 0) is 14.3 Å². The van der Waals surface area contributed by atoms with Crippen LogP contribution in [0.15, 0.2) is 36.4 Å². The maximum atomic E-state index is 13.3. The summed E-state index contributed by atoms with van der Waals surface area (Å²) >= 11 is 0. The number of Topliss-reactive ketones (excluding diaryl/α,β-unsaturated/α-hetero) is 1. The predicted molar refractivity (Wildman–Crippen MR) is 105 cm³/mol. The second kappa shape index (κ2) is 8.50. The van der Waals surface area contributed by atoms with Gasteiger partial charge in [0.05, 0.1) is 0 Å². The number of phenolic OH excluding ortho intramolecular Hbond substituents is 3. The number of phenols is 3. The first-order valence-electron chi connectivity index (χ1n) is 9.72. The first kappa shape index (κ1) is 22.8. The Morgan fingerprint density at radius 1 is 0.909 bits per heavy atom. The summed E-state index contributed by atoms with van der Waals surface area (Å²) in [5.41, 5.74) is -0.0335. The molecule has 0 bridgehead atoms. The standard InChI is InChI=1S/C21H20O12/c22-8-3-1-7(2-4-8)17-18(13(25)12-10(24)5-9(23)6-11(12)31-17)32-21-16(28)14(26)15(27)19(33-21)20(29)30/h1-6,14-19,21-24,26-28H,(H,29,30)/t14-,15-,16+,17?,18?,19-,21+/m0/s1. The molecule has 176 valence electrons. The lowest BCUT2D eigenvalue weighted by molar-refractivity contribution is -0.304. The van der Waals surface area contributed by atoms with Crippen molar-refractivity contribution in [2.45, 2.75) is 42.9 Å². The van der Waals surface area contributed by atoms with Crippen molar-refractivity contribution in [1.29, 1.82) is 0 Å². The fourth-order valence-electron chi connectivity index (χ4n) is 3.75. The third-order valence-corrected chi connectivity index (χ3v) is 5.42. The topological polar surface area (TPSA) is 203 Å². The van der Waals surface area contributed by atoms with Gasteiger partial charge < -0.3 is 50.0 Å². The van der Waals surface area contributed by atoms with Gasteiger partial charge in [0.15, 0.2) is 24.6 Å². The number of aliphatic hydroxyl groups is 3. The van der Waals surface area contributed by atoms with Crippen LogP contribution in [0.5, 0.6) is 23.0 Å². The summed E-state index contributed by atoms with van der Waals surface area (Å²) in [6.07, 6.45) is -12.6. The molecule has 2 aromatic carbocycles. The highest BCUT2D eigenvalue weighted by Crippen LogP contribution is 2.43. The molecule has 2 aromatic rings. The number of ether oxygens (including phenoxy) is 3. The van der Waals surface area contributed by atoms with Crippen molar-refractivity contribution < 1.29 is 59.5 Å². The summed E-state index contributed by atoms with van der Waals surface area (Å²) in [5, 5.41) is 68.9. The number of aliphatic hydroxyl groups excluding tert-OH is 3. The van der Waals surface area contributed by atoms with Gasteiger partial charge in [-0.05, 0) is 17.7 Å². The van der Waals surface area contributed by atoms with Gasteiger partial charge in [-0.1, -0.05) is 12.1 Å². The maximum Gasteiger partial charge on any atom is 0.335 e. The van der Waals surface area contributed by atoms with Gasteiger partial charge in [0.25, 0.3) is 0 Å². The van der Waals surface area contributed by atoms with Gasteiger partial charge in [0.2, 0.25) is 5.78 Å². The number of aliphatic carboxylic acids is 1. The molecule has 2 aliphatic rings. The molecule has 33 heavy (non-hydrogen) atoms. The van der Waals surface area contributed by atoms with Gasteiger partial charge in [-0.2, -0.15) is 0 Å². The van der Waals surface area contributed by atoms with E-state index in [0.29, 0.717) is 5.56 Å². The summed E-state index contributed by atoms with van der Waals surface area (Å²) in [7, 11) is 0. The highest BCUT2D eigenvalue weighted by atomic mass is 16.7. The second-order valence-electron chi connectivity index (χ2n) is 7.62. The van der Waals surface area contributed by atoms with E-state index in [0.717, 1.165) is 12.1 Å². The van der Waals surface area contributed by atoms with Crippen LogP contribution in [0.2, 0.25) is 0 Å². The summed E-state index contributed by atoms with van der Waals surface area (Å²) < 4.78 is 16.5. The Morgan fingerprint density at radius 3 is 2.21 bits per heavy atom. The van der Waals surface area contributed by atoms with Crippen LogP contribution < -0.4 is 4.74 Å². The van der Waals surface area contributed by atoms with E-state index in [4.69, 9.17) is 14.2 Å². The molecule has 1 fully saturated rings. The van der Waals surface area contributed by atoms with Crippen molar-refractivity contribution in [3.05, 3.63) is 47.5 Å². The van der Waals surface area contributed by atoms with Crippen molar-refractivity contribution >= 4 is 11.8 Å². The van der Waals surface area contributed by atoms with Crippen molar-refractivity contribution in [3.63, 3.8) is 0 Å². The summed E-state index contributed by atoms with van der Waals surface area (Å²) in [6.45, 7) is 0. The van der Waals surface area contributed by atoms with E-state index in [1.165, 1.54) is 24.3 Å². The van der Waals surface area contributed by atoms with Crippen molar-refractivity contribution in [2.24, 2.45) is 0 Å². The molecule has 0 aromatic heterocycles. The van der Waals surface area contributed by atoms with Gasteiger partial charge in [-0.3, -0.25) is 4.79 Å².